The van der Waals surface area contributed by atoms with Gasteiger partial charge in [0.15, 0.2) is 5.82 Å². The number of nitrogens with two attached hydrogens (primary N) is 1. The summed E-state index contributed by atoms with van der Waals surface area (Å²) in [5.41, 5.74) is 6.40. The Morgan fingerprint density at radius 3 is 2.78 bits per heavy atom. The number of aromatic nitrogens is 2. The van der Waals surface area contributed by atoms with Crippen molar-refractivity contribution in [3.05, 3.63) is 65.0 Å². The number of anilines is 2. The number of benzene rings is 3. The molecule has 46 heavy (non-hydrogen) atoms. The number of fused-ring (bicyclic) bond motifs is 5. The van der Waals surface area contributed by atoms with Gasteiger partial charge in [0.05, 0.1) is 16.7 Å². The highest BCUT2D eigenvalue weighted by atomic mass is 19.1. The molecule has 4 atom stereocenters. The van der Waals surface area contributed by atoms with Crippen molar-refractivity contribution in [2.24, 2.45) is 0 Å². The maximum atomic E-state index is 16.9. The molecule has 3 fully saturated rings. The number of piperazine rings is 1. The summed E-state index contributed by atoms with van der Waals surface area (Å²) in [6, 6.07) is 6.88. The maximum Gasteiger partial charge on any atom is 0.319 e. The van der Waals surface area contributed by atoms with Gasteiger partial charge in [0.2, 0.25) is 0 Å². The Labute approximate surface area is 263 Å². The minimum atomic E-state index is -0.972. The van der Waals surface area contributed by atoms with E-state index in [2.05, 4.69) is 34.1 Å². The fourth-order valence-electron chi connectivity index (χ4n) is 8.04. The maximum absolute atomic E-state index is 16.9. The van der Waals surface area contributed by atoms with Crippen LogP contribution in [-0.4, -0.2) is 71.4 Å². The van der Waals surface area contributed by atoms with Gasteiger partial charge in [-0.15, -0.1) is 6.42 Å². The number of ether oxygens (including phenoxy) is 1. The number of nitrogens with one attached hydrogen (secondary N) is 1. The van der Waals surface area contributed by atoms with Gasteiger partial charge in [0.25, 0.3) is 0 Å². The van der Waals surface area contributed by atoms with Crippen molar-refractivity contribution in [3.63, 3.8) is 0 Å². The smallest absolute Gasteiger partial charge is 0.319 e. The lowest BCUT2D eigenvalue weighted by atomic mass is 9.92. The van der Waals surface area contributed by atoms with Crippen molar-refractivity contribution in [2.45, 2.75) is 50.0 Å². The Morgan fingerprint density at radius 1 is 1.13 bits per heavy atom. The summed E-state index contributed by atoms with van der Waals surface area (Å²) in [4.78, 5) is 13.3. The molecular weight excluding hydrogens is 596 g/mol. The van der Waals surface area contributed by atoms with E-state index in [0.29, 0.717) is 37.3 Å². The van der Waals surface area contributed by atoms with Crippen molar-refractivity contribution in [1.29, 1.82) is 0 Å². The lowest BCUT2D eigenvalue weighted by Gasteiger charge is -2.35. The van der Waals surface area contributed by atoms with E-state index in [9.17, 15) is 8.78 Å². The van der Waals surface area contributed by atoms with Gasteiger partial charge in [-0.1, -0.05) is 23.6 Å². The first-order chi connectivity index (χ1) is 22.1. The topological polar surface area (TPSA) is 79.5 Å². The minimum Gasteiger partial charge on any atom is -0.461 e. The van der Waals surface area contributed by atoms with Crippen LogP contribution < -0.4 is 20.7 Å². The summed E-state index contributed by atoms with van der Waals surface area (Å²) in [6.07, 6.45) is 8.93. The van der Waals surface area contributed by atoms with Crippen LogP contribution in [0.3, 0.4) is 0 Å². The second-order valence-corrected chi connectivity index (χ2v) is 13.0. The molecule has 7 nitrogen and oxygen atoms in total. The Kier molecular flexibility index (Phi) is 6.67. The van der Waals surface area contributed by atoms with Gasteiger partial charge in [-0.25, -0.2) is 17.6 Å². The number of nitrogens with zero attached hydrogens (tertiary/aromatic N) is 4. The molecule has 0 spiro atoms. The number of hydrogen-bond donors (Lipinski definition) is 2. The molecule has 0 saturated carbocycles. The van der Waals surface area contributed by atoms with Crippen LogP contribution in [0.4, 0.5) is 29.1 Å². The van der Waals surface area contributed by atoms with Gasteiger partial charge in [0, 0.05) is 54.6 Å². The quantitative estimate of drug-likeness (QED) is 0.131. The first-order valence-electron chi connectivity index (χ1n) is 15.5. The Bertz CT molecular complexity index is 2010. The molecule has 5 heterocycles. The highest BCUT2D eigenvalue weighted by Crippen LogP contribution is 2.43. The number of hydrogen-bond acceptors (Lipinski definition) is 7. The number of rotatable bonds is 5. The molecule has 2 bridgehead atoms. The van der Waals surface area contributed by atoms with E-state index in [4.69, 9.17) is 21.9 Å². The third kappa shape index (κ3) is 4.49. The zero-order valence-corrected chi connectivity index (χ0v) is 25.2. The number of nitrogen functional groups attached to an aromatic ring is 1. The Hall–Kier alpha value is -4.40. The molecule has 4 unspecified atom stereocenters. The minimum absolute atomic E-state index is 0.0162. The van der Waals surface area contributed by atoms with Crippen LogP contribution in [0.25, 0.3) is 32.8 Å². The largest absolute Gasteiger partial charge is 0.461 e. The molecule has 3 saturated heterocycles. The number of alkyl halides is 1. The summed E-state index contributed by atoms with van der Waals surface area (Å²) >= 11 is 0. The predicted octanol–water partition coefficient (Wildman–Crippen LogP) is 5.49. The lowest BCUT2D eigenvalue weighted by molar-refractivity contribution is 0.107. The molecular formula is C35H32F4N6O. The zero-order chi connectivity index (χ0) is 31.9. The SMILES string of the molecule is C#Cc1c(F)ccc2cc(N)cc(-c3c(F)cc4c(N5CC6C=C(C)C(C5)N6)nc(OCC56CCCN5CC(F)C6)nc4c3F)c12. The summed E-state index contributed by atoms with van der Waals surface area (Å²) in [5.74, 6) is 0.116. The van der Waals surface area contributed by atoms with Crippen LogP contribution >= 0.6 is 0 Å². The van der Waals surface area contributed by atoms with Crippen LogP contribution in [0.1, 0.15) is 31.7 Å². The Balaban J connectivity index is 1.30. The van der Waals surface area contributed by atoms with Crippen LogP contribution in [0.15, 0.2) is 42.0 Å². The summed E-state index contributed by atoms with van der Waals surface area (Å²) < 4.78 is 68.7. The highest BCUT2D eigenvalue weighted by Gasteiger charge is 2.49. The molecule has 4 aliphatic rings. The molecule has 11 heteroatoms. The van der Waals surface area contributed by atoms with Crippen molar-refractivity contribution in [1.82, 2.24) is 20.2 Å². The van der Waals surface area contributed by atoms with Gasteiger partial charge < -0.3 is 20.7 Å². The lowest BCUT2D eigenvalue weighted by Crippen LogP contribution is -2.52. The second-order valence-electron chi connectivity index (χ2n) is 13.0. The molecule has 3 N–H and O–H groups in total. The number of terminal acetylenes is 1. The van der Waals surface area contributed by atoms with Gasteiger partial charge in [0.1, 0.15) is 35.7 Å². The molecule has 0 aliphatic carbocycles. The average Bonchev–Trinajstić information content (AvgIpc) is 3.63. The van der Waals surface area contributed by atoms with Crippen LogP contribution in [-0.2, 0) is 0 Å². The second kappa shape index (κ2) is 10.6. The molecule has 4 aromatic rings. The molecule has 3 aromatic carbocycles. The molecule has 1 aromatic heterocycles. The van der Waals surface area contributed by atoms with Crippen molar-refractivity contribution >= 4 is 33.2 Å². The van der Waals surface area contributed by atoms with E-state index in [1.807, 2.05) is 4.90 Å². The van der Waals surface area contributed by atoms with E-state index in [0.717, 1.165) is 19.4 Å². The summed E-state index contributed by atoms with van der Waals surface area (Å²) in [5, 5.41) is 4.31. The van der Waals surface area contributed by atoms with E-state index in [1.54, 1.807) is 6.07 Å². The van der Waals surface area contributed by atoms with E-state index in [-0.39, 0.29) is 57.8 Å². The van der Waals surface area contributed by atoms with Gasteiger partial charge in [-0.3, -0.25) is 4.90 Å². The van der Waals surface area contributed by atoms with Crippen molar-refractivity contribution < 1.29 is 22.3 Å². The van der Waals surface area contributed by atoms with Gasteiger partial charge in [-0.2, -0.15) is 9.97 Å². The molecule has 236 valence electrons. The zero-order valence-electron chi connectivity index (χ0n) is 25.2. The van der Waals surface area contributed by atoms with E-state index < -0.39 is 34.7 Å². The fraction of sp³-hybridized carbons (Fsp3) is 0.371. The standard InChI is InChI=1S/C35H32F4N6O/c1-3-23-26(37)6-5-19-10-21(40)11-24(29(19)23)30-27(38)12-25-32(31(30)39)42-34(46-17-35-7-4-8-45(35)14-20(36)13-35)43-33(25)44-15-22-9-18(2)28(16-44)41-22/h1,5-6,9-12,20,22,28,41H,4,7-8,13-17,40H2,2H3. The summed E-state index contributed by atoms with van der Waals surface area (Å²) in [7, 11) is 0. The molecule has 0 radical (unpaired) electrons. The van der Waals surface area contributed by atoms with Crippen LogP contribution in [0, 0.1) is 29.8 Å². The predicted molar refractivity (Wildman–Crippen MR) is 170 cm³/mol. The van der Waals surface area contributed by atoms with Crippen LogP contribution in [0.5, 0.6) is 6.01 Å². The molecule has 4 aliphatic heterocycles. The van der Waals surface area contributed by atoms with E-state index >= 15 is 8.78 Å². The van der Waals surface area contributed by atoms with Crippen molar-refractivity contribution in [2.75, 3.05) is 43.4 Å². The summed E-state index contributed by atoms with van der Waals surface area (Å²) in [6.45, 7) is 4.39. The first-order valence-corrected chi connectivity index (χ1v) is 15.5. The number of halogens is 4. The first kappa shape index (κ1) is 29.0. The third-order valence-corrected chi connectivity index (χ3v) is 10.1. The van der Waals surface area contributed by atoms with Crippen molar-refractivity contribution in [3.8, 4) is 29.5 Å². The highest BCUT2D eigenvalue weighted by molar-refractivity contribution is 6.05. The Morgan fingerprint density at radius 2 is 1.98 bits per heavy atom. The van der Waals surface area contributed by atoms with Gasteiger partial charge in [-0.05, 0) is 61.5 Å². The van der Waals surface area contributed by atoms with Crippen LogP contribution in [0.2, 0.25) is 0 Å². The molecule has 0 amide bonds. The third-order valence-electron chi connectivity index (χ3n) is 10.1. The monoisotopic (exact) mass is 628 g/mol. The molecule has 8 rings (SSSR count). The van der Waals surface area contributed by atoms with E-state index in [1.165, 1.54) is 29.8 Å². The average molecular weight is 629 g/mol. The fourth-order valence-corrected chi connectivity index (χ4v) is 8.04. The van der Waals surface area contributed by atoms with Gasteiger partial charge >= 0.3 is 6.01 Å². The normalized spacial score (nSPS) is 25.7.